The summed E-state index contributed by atoms with van der Waals surface area (Å²) >= 11 is 0. The molecular weight excluding hydrogens is 375 g/mol. The number of aliphatic imine (C=N–C) groups is 1. The smallest absolute Gasteiger partial charge is 0.422 e. The van der Waals surface area contributed by atoms with Crippen molar-refractivity contribution in [3.8, 4) is 17.2 Å². The minimum Gasteiger partial charge on any atom is -0.493 e. The molecule has 0 bridgehead atoms. The maximum atomic E-state index is 12.2. The summed E-state index contributed by atoms with van der Waals surface area (Å²) < 4.78 is 51.7. The molecule has 2 aromatic carbocycles. The van der Waals surface area contributed by atoms with E-state index in [9.17, 15) is 13.2 Å². The van der Waals surface area contributed by atoms with Crippen LogP contribution in [-0.2, 0) is 6.54 Å². The molecule has 2 rings (SSSR count). The number of rotatable bonds is 7. The fourth-order valence-electron chi connectivity index (χ4n) is 2.28. The first-order valence-electron chi connectivity index (χ1n) is 8.33. The number of hydrogen-bond acceptors (Lipinski definition) is 4. The van der Waals surface area contributed by atoms with Gasteiger partial charge in [-0.1, -0.05) is 12.1 Å². The fraction of sp³-hybridized carbons (Fsp3) is 0.316. The molecule has 28 heavy (non-hydrogen) atoms. The van der Waals surface area contributed by atoms with E-state index in [0.29, 0.717) is 24.0 Å². The van der Waals surface area contributed by atoms with Gasteiger partial charge in [-0.3, -0.25) is 4.99 Å². The summed E-state index contributed by atoms with van der Waals surface area (Å²) in [7, 11) is 4.74. The SMILES string of the molecule is CN=C(NCc1ccc(OCC(F)(F)F)cc1)Nc1ccc(OC)c(OC)c1. The lowest BCUT2D eigenvalue weighted by molar-refractivity contribution is -0.153. The summed E-state index contributed by atoms with van der Waals surface area (Å²) in [4.78, 5) is 4.14. The first-order valence-corrected chi connectivity index (χ1v) is 8.33. The van der Waals surface area contributed by atoms with Crippen molar-refractivity contribution in [2.45, 2.75) is 12.7 Å². The van der Waals surface area contributed by atoms with E-state index in [1.807, 2.05) is 6.07 Å². The topological polar surface area (TPSA) is 64.1 Å². The molecule has 0 unspecified atom stereocenters. The van der Waals surface area contributed by atoms with E-state index in [2.05, 4.69) is 20.4 Å². The average molecular weight is 397 g/mol. The van der Waals surface area contributed by atoms with Crippen molar-refractivity contribution < 1.29 is 27.4 Å². The number of ether oxygens (including phenoxy) is 3. The summed E-state index contributed by atoms with van der Waals surface area (Å²) in [5.41, 5.74) is 1.61. The molecule has 0 aliphatic rings. The molecule has 0 aliphatic heterocycles. The Morgan fingerprint density at radius 2 is 1.68 bits per heavy atom. The first kappa shape index (κ1) is 21.2. The molecule has 9 heteroatoms. The second-order valence-corrected chi connectivity index (χ2v) is 5.67. The number of anilines is 1. The zero-order valence-electron chi connectivity index (χ0n) is 15.8. The minimum absolute atomic E-state index is 0.161. The Balaban J connectivity index is 1.92. The van der Waals surface area contributed by atoms with Crippen LogP contribution in [0.1, 0.15) is 5.56 Å². The van der Waals surface area contributed by atoms with Gasteiger partial charge in [0, 0.05) is 25.3 Å². The van der Waals surface area contributed by atoms with Crippen molar-refractivity contribution in [3.05, 3.63) is 48.0 Å². The predicted octanol–water partition coefficient (Wildman–Crippen LogP) is 3.83. The van der Waals surface area contributed by atoms with E-state index in [1.54, 1.807) is 45.5 Å². The van der Waals surface area contributed by atoms with E-state index < -0.39 is 12.8 Å². The number of nitrogens with zero attached hydrogens (tertiary/aromatic N) is 1. The largest absolute Gasteiger partial charge is 0.493 e. The highest BCUT2D eigenvalue weighted by atomic mass is 19.4. The van der Waals surface area contributed by atoms with Crippen LogP contribution in [0.15, 0.2) is 47.5 Å². The van der Waals surface area contributed by atoms with Gasteiger partial charge in [-0.25, -0.2) is 0 Å². The Morgan fingerprint density at radius 1 is 1.00 bits per heavy atom. The standard InChI is InChI=1S/C19H22F3N3O3/c1-23-18(25-14-6-9-16(26-2)17(10-14)27-3)24-11-13-4-7-15(8-5-13)28-12-19(20,21)22/h4-10H,11-12H2,1-3H3,(H2,23,24,25). The summed E-state index contributed by atoms with van der Waals surface area (Å²) in [6.45, 7) is -0.890. The lowest BCUT2D eigenvalue weighted by Gasteiger charge is -2.14. The van der Waals surface area contributed by atoms with Gasteiger partial charge >= 0.3 is 6.18 Å². The summed E-state index contributed by atoms with van der Waals surface area (Å²) in [5, 5.41) is 6.25. The number of guanidine groups is 1. The van der Waals surface area contributed by atoms with Crippen molar-refractivity contribution in [1.82, 2.24) is 5.32 Å². The Kier molecular flexibility index (Phi) is 7.36. The molecule has 0 saturated carbocycles. The van der Waals surface area contributed by atoms with Crippen LogP contribution in [0.4, 0.5) is 18.9 Å². The van der Waals surface area contributed by atoms with Crippen LogP contribution in [-0.4, -0.2) is 40.0 Å². The van der Waals surface area contributed by atoms with Crippen LogP contribution >= 0.6 is 0 Å². The second-order valence-electron chi connectivity index (χ2n) is 5.67. The molecule has 0 fully saturated rings. The van der Waals surface area contributed by atoms with Crippen LogP contribution in [0.3, 0.4) is 0 Å². The molecule has 6 nitrogen and oxygen atoms in total. The van der Waals surface area contributed by atoms with Gasteiger partial charge in [0.15, 0.2) is 24.1 Å². The van der Waals surface area contributed by atoms with Gasteiger partial charge in [-0.05, 0) is 29.8 Å². The average Bonchev–Trinajstić information content (AvgIpc) is 2.69. The zero-order valence-corrected chi connectivity index (χ0v) is 15.8. The lowest BCUT2D eigenvalue weighted by atomic mass is 10.2. The number of alkyl halides is 3. The van der Waals surface area contributed by atoms with E-state index >= 15 is 0 Å². The van der Waals surface area contributed by atoms with Crippen LogP contribution < -0.4 is 24.8 Å². The summed E-state index contributed by atoms with van der Waals surface area (Å²) in [6.07, 6.45) is -4.36. The van der Waals surface area contributed by atoms with Crippen LogP contribution in [0, 0.1) is 0 Å². The van der Waals surface area contributed by atoms with Gasteiger partial charge in [0.25, 0.3) is 0 Å². The number of hydrogen-bond donors (Lipinski definition) is 2. The first-order chi connectivity index (χ1) is 13.3. The molecule has 0 radical (unpaired) electrons. The van der Waals surface area contributed by atoms with Gasteiger partial charge in [-0.15, -0.1) is 0 Å². The van der Waals surface area contributed by atoms with Crippen LogP contribution in [0.2, 0.25) is 0 Å². The van der Waals surface area contributed by atoms with E-state index in [1.165, 1.54) is 12.1 Å². The van der Waals surface area contributed by atoms with Crippen molar-refractivity contribution >= 4 is 11.6 Å². The van der Waals surface area contributed by atoms with E-state index in [-0.39, 0.29) is 5.75 Å². The van der Waals surface area contributed by atoms with Crippen molar-refractivity contribution in [1.29, 1.82) is 0 Å². The predicted molar refractivity (Wildman–Crippen MR) is 101 cm³/mol. The maximum absolute atomic E-state index is 12.2. The number of nitrogens with one attached hydrogen (secondary N) is 2. The van der Waals surface area contributed by atoms with Crippen LogP contribution in [0.5, 0.6) is 17.2 Å². The maximum Gasteiger partial charge on any atom is 0.422 e. The lowest BCUT2D eigenvalue weighted by Crippen LogP contribution is -2.30. The molecular formula is C19H22F3N3O3. The molecule has 0 amide bonds. The highest BCUT2D eigenvalue weighted by Crippen LogP contribution is 2.29. The van der Waals surface area contributed by atoms with Crippen molar-refractivity contribution in [3.63, 3.8) is 0 Å². The molecule has 0 atom stereocenters. The summed E-state index contributed by atoms with van der Waals surface area (Å²) in [5.74, 6) is 1.87. The molecule has 152 valence electrons. The Morgan fingerprint density at radius 3 is 2.25 bits per heavy atom. The second kappa shape index (κ2) is 9.72. The third kappa shape index (κ3) is 6.57. The normalized spacial score (nSPS) is 11.7. The van der Waals surface area contributed by atoms with Gasteiger partial charge in [0.05, 0.1) is 14.2 Å². The molecule has 0 aromatic heterocycles. The number of halogens is 3. The summed E-state index contributed by atoms with van der Waals surface area (Å²) in [6, 6.07) is 11.7. The van der Waals surface area contributed by atoms with Crippen LogP contribution in [0.25, 0.3) is 0 Å². The van der Waals surface area contributed by atoms with Crippen molar-refractivity contribution in [2.24, 2.45) is 4.99 Å². The molecule has 0 saturated heterocycles. The Bertz CT molecular complexity index is 793. The van der Waals surface area contributed by atoms with E-state index in [4.69, 9.17) is 9.47 Å². The number of benzene rings is 2. The van der Waals surface area contributed by atoms with Gasteiger partial charge < -0.3 is 24.8 Å². The third-order valence-corrected chi connectivity index (χ3v) is 3.66. The van der Waals surface area contributed by atoms with Crippen molar-refractivity contribution in [2.75, 3.05) is 33.2 Å². The monoisotopic (exact) mass is 397 g/mol. The van der Waals surface area contributed by atoms with Gasteiger partial charge in [0.2, 0.25) is 0 Å². The molecule has 2 aromatic rings. The van der Waals surface area contributed by atoms with Gasteiger partial charge in [0.1, 0.15) is 5.75 Å². The zero-order chi connectivity index (χ0) is 20.6. The quantitative estimate of drug-likeness (QED) is 0.549. The molecule has 0 heterocycles. The highest BCUT2D eigenvalue weighted by molar-refractivity contribution is 5.93. The minimum atomic E-state index is -4.36. The molecule has 0 spiro atoms. The molecule has 0 aliphatic carbocycles. The Hall–Kier alpha value is -3.10. The Labute approximate surface area is 161 Å². The highest BCUT2D eigenvalue weighted by Gasteiger charge is 2.28. The van der Waals surface area contributed by atoms with E-state index in [0.717, 1.165) is 11.3 Å². The molecule has 2 N–H and O–H groups in total. The number of methoxy groups -OCH3 is 2. The van der Waals surface area contributed by atoms with Gasteiger partial charge in [-0.2, -0.15) is 13.2 Å². The third-order valence-electron chi connectivity index (χ3n) is 3.66. The fourth-order valence-corrected chi connectivity index (χ4v) is 2.28.